The summed E-state index contributed by atoms with van der Waals surface area (Å²) < 4.78 is 5.28. The zero-order valence-corrected chi connectivity index (χ0v) is 17.4. The average molecular weight is 419 g/mol. The van der Waals surface area contributed by atoms with Gasteiger partial charge in [0.1, 0.15) is 5.75 Å². The molecule has 3 rings (SSSR count). The quantitative estimate of drug-likeness (QED) is 0.198. The Balaban J connectivity index is 1.70. The number of carbonyl (C=O) groups excluding carboxylic acids is 2. The van der Waals surface area contributed by atoms with Crippen LogP contribution in [0.25, 0.3) is 11.3 Å². The second kappa shape index (κ2) is 9.73. The summed E-state index contributed by atoms with van der Waals surface area (Å²) in [5, 5.41) is 2.83. The van der Waals surface area contributed by atoms with Gasteiger partial charge in [0.25, 0.3) is 5.91 Å². The molecule has 0 aliphatic carbocycles. The molecule has 31 heavy (non-hydrogen) atoms. The lowest BCUT2D eigenvalue weighted by molar-refractivity contribution is -0.135. The molecule has 1 amide bonds. The number of nitrogens with zero attached hydrogens (tertiary/aromatic N) is 1. The number of esters is 1. The molecule has 0 aliphatic rings. The van der Waals surface area contributed by atoms with Gasteiger partial charge in [-0.3, -0.25) is 9.59 Å². The van der Waals surface area contributed by atoms with Crippen molar-refractivity contribution in [3.05, 3.63) is 66.2 Å². The molecule has 6 N–H and O–H groups in total. The molecule has 0 aliphatic heterocycles. The van der Waals surface area contributed by atoms with Crippen LogP contribution in [0, 0.1) is 5.92 Å². The number of hydrogen-bond acceptors (Lipinski definition) is 7. The van der Waals surface area contributed by atoms with E-state index in [0.29, 0.717) is 40.6 Å². The first-order chi connectivity index (χ1) is 14.9. The molecule has 2 aromatic carbocycles. The lowest BCUT2D eigenvalue weighted by atomic mass is 10.1. The molecule has 8 nitrogen and oxygen atoms in total. The fourth-order valence-corrected chi connectivity index (χ4v) is 2.88. The second-order valence-electron chi connectivity index (χ2n) is 7.41. The lowest BCUT2D eigenvalue weighted by Crippen LogP contribution is -2.13. The van der Waals surface area contributed by atoms with E-state index in [1.807, 2.05) is 19.9 Å². The van der Waals surface area contributed by atoms with Crippen molar-refractivity contribution >= 4 is 29.1 Å². The highest BCUT2D eigenvalue weighted by Gasteiger charge is 2.11. The number of rotatable bonds is 7. The van der Waals surface area contributed by atoms with Crippen LogP contribution >= 0.6 is 0 Å². The molecule has 1 aromatic heterocycles. The SMILES string of the molecule is CC(C)CC(=O)Oc1ccc(NC(=O)c2cccc(-c3ccc(N)c(NN)n3)c2)cc1. The highest BCUT2D eigenvalue weighted by Crippen LogP contribution is 2.24. The van der Waals surface area contributed by atoms with Gasteiger partial charge in [0, 0.05) is 23.2 Å². The van der Waals surface area contributed by atoms with Crippen LogP contribution in [0.1, 0.15) is 30.6 Å². The minimum atomic E-state index is -0.284. The van der Waals surface area contributed by atoms with E-state index in [-0.39, 0.29) is 17.8 Å². The van der Waals surface area contributed by atoms with Gasteiger partial charge >= 0.3 is 5.97 Å². The summed E-state index contributed by atoms with van der Waals surface area (Å²) in [6.45, 7) is 3.90. The first-order valence-electron chi connectivity index (χ1n) is 9.81. The van der Waals surface area contributed by atoms with E-state index < -0.39 is 0 Å². The summed E-state index contributed by atoms with van der Waals surface area (Å²) in [5.41, 5.74) is 11.1. The number of benzene rings is 2. The highest BCUT2D eigenvalue weighted by molar-refractivity contribution is 6.05. The van der Waals surface area contributed by atoms with E-state index in [1.54, 1.807) is 54.6 Å². The number of ether oxygens (including phenoxy) is 1. The van der Waals surface area contributed by atoms with Crippen LogP contribution in [-0.2, 0) is 4.79 Å². The number of pyridine rings is 1. The Bertz CT molecular complexity index is 1080. The van der Waals surface area contributed by atoms with Gasteiger partial charge in [0.2, 0.25) is 0 Å². The van der Waals surface area contributed by atoms with Crippen molar-refractivity contribution in [3.63, 3.8) is 0 Å². The summed E-state index contributed by atoms with van der Waals surface area (Å²) in [6, 6.07) is 17.2. The van der Waals surface area contributed by atoms with Gasteiger partial charge in [0.05, 0.1) is 11.4 Å². The van der Waals surface area contributed by atoms with Crippen LogP contribution in [0.15, 0.2) is 60.7 Å². The zero-order chi connectivity index (χ0) is 22.4. The molecule has 3 aromatic rings. The summed E-state index contributed by atoms with van der Waals surface area (Å²) in [5.74, 6) is 5.90. The maximum absolute atomic E-state index is 12.7. The van der Waals surface area contributed by atoms with Crippen molar-refractivity contribution < 1.29 is 14.3 Å². The van der Waals surface area contributed by atoms with Crippen LogP contribution in [0.5, 0.6) is 5.75 Å². The van der Waals surface area contributed by atoms with Crippen LogP contribution in [0.2, 0.25) is 0 Å². The van der Waals surface area contributed by atoms with Crippen LogP contribution in [-0.4, -0.2) is 16.9 Å². The maximum atomic E-state index is 12.7. The van der Waals surface area contributed by atoms with Crippen molar-refractivity contribution in [1.82, 2.24) is 4.98 Å². The van der Waals surface area contributed by atoms with Crippen LogP contribution < -0.4 is 27.1 Å². The van der Waals surface area contributed by atoms with E-state index in [0.717, 1.165) is 5.56 Å². The topological polar surface area (TPSA) is 132 Å². The Hall–Kier alpha value is -3.91. The Labute approximate surface area is 180 Å². The number of hydrazine groups is 1. The minimum absolute atomic E-state index is 0.225. The molecular formula is C23H25N5O3. The Morgan fingerprint density at radius 3 is 2.48 bits per heavy atom. The minimum Gasteiger partial charge on any atom is -0.427 e. The average Bonchev–Trinajstić information content (AvgIpc) is 2.75. The Kier molecular flexibility index (Phi) is 6.84. The van der Waals surface area contributed by atoms with Gasteiger partial charge in [-0.1, -0.05) is 26.0 Å². The monoisotopic (exact) mass is 419 g/mol. The van der Waals surface area contributed by atoms with Crippen molar-refractivity contribution in [1.29, 1.82) is 0 Å². The summed E-state index contributed by atoms with van der Waals surface area (Å²) >= 11 is 0. The number of nitrogen functional groups attached to an aromatic ring is 2. The van der Waals surface area contributed by atoms with Gasteiger partial charge in [-0.05, 0) is 54.4 Å². The van der Waals surface area contributed by atoms with Crippen molar-refractivity contribution in [3.8, 4) is 17.0 Å². The fourth-order valence-electron chi connectivity index (χ4n) is 2.88. The highest BCUT2D eigenvalue weighted by atomic mass is 16.5. The molecule has 0 unspecified atom stereocenters. The predicted molar refractivity (Wildman–Crippen MR) is 121 cm³/mol. The summed E-state index contributed by atoms with van der Waals surface area (Å²) in [6.07, 6.45) is 0.348. The molecular weight excluding hydrogens is 394 g/mol. The predicted octanol–water partition coefficient (Wildman–Crippen LogP) is 3.82. The number of aromatic nitrogens is 1. The molecule has 0 bridgehead atoms. The number of nitrogens with two attached hydrogens (primary N) is 2. The third-order valence-corrected chi connectivity index (χ3v) is 4.40. The number of nitrogens with one attached hydrogen (secondary N) is 2. The molecule has 0 fully saturated rings. The smallest absolute Gasteiger partial charge is 0.311 e. The van der Waals surface area contributed by atoms with Crippen LogP contribution in [0.3, 0.4) is 0 Å². The first-order valence-corrected chi connectivity index (χ1v) is 9.81. The van der Waals surface area contributed by atoms with Gasteiger partial charge < -0.3 is 21.2 Å². The largest absolute Gasteiger partial charge is 0.427 e. The fraction of sp³-hybridized carbons (Fsp3) is 0.174. The number of carbonyl (C=O) groups is 2. The van der Waals surface area contributed by atoms with Crippen molar-refractivity contribution in [2.24, 2.45) is 11.8 Å². The first kappa shape index (κ1) is 21.8. The summed E-state index contributed by atoms with van der Waals surface area (Å²) in [7, 11) is 0. The molecule has 0 saturated heterocycles. The molecule has 0 atom stereocenters. The van der Waals surface area contributed by atoms with Crippen LogP contribution in [0.4, 0.5) is 17.2 Å². The Morgan fingerprint density at radius 2 is 1.81 bits per heavy atom. The van der Waals surface area contributed by atoms with Gasteiger partial charge in [0.15, 0.2) is 5.82 Å². The third-order valence-electron chi connectivity index (χ3n) is 4.40. The second-order valence-corrected chi connectivity index (χ2v) is 7.41. The maximum Gasteiger partial charge on any atom is 0.311 e. The van der Waals surface area contributed by atoms with Gasteiger partial charge in [-0.2, -0.15) is 0 Å². The van der Waals surface area contributed by atoms with Gasteiger partial charge in [-0.15, -0.1) is 0 Å². The van der Waals surface area contributed by atoms with E-state index >= 15 is 0 Å². The molecule has 0 saturated carbocycles. The van der Waals surface area contributed by atoms with E-state index in [2.05, 4.69) is 15.7 Å². The van der Waals surface area contributed by atoms with Gasteiger partial charge in [-0.25, -0.2) is 10.8 Å². The standard InChI is InChI=1S/C23H25N5O3/c1-14(2)12-21(29)31-18-8-6-17(7-9-18)26-23(30)16-5-3-4-15(13-16)20-11-10-19(24)22(27-20)28-25/h3-11,13-14H,12,24-25H2,1-2H3,(H,26,30)(H,27,28). The van der Waals surface area contributed by atoms with E-state index in [4.69, 9.17) is 16.3 Å². The molecule has 160 valence electrons. The molecule has 0 spiro atoms. The zero-order valence-electron chi connectivity index (χ0n) is 17.4. The van der Waals surface area contributed by atoms with Crippen molar-refractivity contribution in [2.75, 3.05) is 16.5 Å². The Morgan fingerprint density at radius 1 is 1.06 bits per heavy atom. The normalized spacial score (nSPS) is 10.6. The summed E-state index contributed by atoms with van der Waals surface area (Å²) in [4.78, 5) is 28.8. The number of anilines is 3. The molecule has 1 heterocycles. The molecule has 8 heteroatoms. The number of amides is 1. The van der Waals surface area contributed by atoms with E-state index in [9.17, 15) is 9.59 Å². The lowest BCUT2D eigenvalue weighted by Gasteiger charge is -2.10. The molecule has 0 radical (unpaired) electrons. The third kappa shape index (κ3) is 5.80. The number of hydrogen-bond donors (Lipinski definition) is 4. The van der Waals surface area contributed by atoms with E-state index in [1.165, 1.54) is 0 Å². The van der Waals surface area contributed by atoms with Crippen molar-refractivity contribution in [2.45, 2.75) is 20.3 Å².